The number of hydrogen-bond acceptors (Lipinski definition) is 5. The van der Waals surface area contributed by atoms with Gasteiger partial charge in [-0.3, -0.25) is 9.10 Å². The molecule has 1 amide bonds. The number of ether oxygens (including phenoxy) is 2. The van der Waals surface area contributed by atoms with Gasteiger partial charge in [0.05, 0.1) is 25.7 Å². The van der Waals surface area contributed by atoms with Crippen LogP contribution in [0.5, 0.6) is 11.5 Å². The van der Waals surface area contributed by atoms with Gasteiger partial charge in [-0.25, -0.2) is 8.42 Å². The first-order valence-corrected chi connectivity index (χ1v) is 11.3. The molecule has 0 saturated heterocycles. The molecule has 0 aliphatic rings. The van der Waals surface area contributed by atoms with Crippen molar-refractivity contribution in [1.29, 1.82) is 0 Å². The quantitative estimate of drug-likeness (QED) is 0.604. The molecule has 8 heteroatoms. The maximum absolute atomic E-state index is 12.2. The summed E-state index contributed by atoms with van der Waals surface area (Å²) in [7, 11) is -1.85. The molecular formula is C21H28N2O5S. The van der Waals surface area contributed by atoms with E-state index in [2.05, 4.69) is 5.32 Å². The van der Waals surface area contributed by atoms with Crippen molar-refractivity contribution >= 4 is 21.6 Å². The zero-order chi connectivity index (χ0) is 21.3. The maximum Gasteiger partial charge on any atom is 0.232 e. The molecule has 2 rings (SSSR count). The second kappa shape index (κ2) is 10.7. The molecule has 2 aromatic rings. The summed E-state index contributed by atoms with van der Waals surface area (Å²) in [5.74, 6) is 1.32. The van der Waals surface area contributed by atoms with Crippen LogP contribution < -0.4 is 19.1 Å². The van der Waals surface area contributed by atoms with E-state index < -0.39 is 10.0 Å². The minimum Gasteiger partial charge on any atom is -0.497 e. The zero-order valence-corrected chi connectivity index (χ0v) is 17.9. The monoisotopic (exact) mass is 420 g/mol. The third kappa shape index (κ3) is 7.30. The van der Waals surface area contributed by atoms with Crippen molar-refractivity contribution in [3.05, 3.63) is 54.1 Å². The molecule has 1 N–H and O–H groups in total. The summed E-state index contributed by atoms with van der Waals surface area (Å²) in [5, 5.41) is 2.85. The van der Waals surface area contributed by atoms with Crippen molar-refractivity contribution in [3.63, 3.8) is 0 Å². The Kier molecular flexibility index (Phi) is 8.33. The van der Waals surface area contributed by atoms with E-state index in [1.807, 2.05) is 31.2 Å². The summed E-state index contributed by atoms with van der Waals surface area (Å²) in [6, 6.07) is 14.3. The highest BCUT2D eigenvalue weighted by atomic mass is 32.2. The topological polar surface area (TPSA) is 84.9 Å². The molecule has 0 atom stereocenters. The highest BCUT2D eigenvalue weighted by molar-refractivity contribution is 7.92. The number of carbonyl (C=O) groups is 1. The van der Waals surface area contributed by atoms with E-state index in [0.29, 0.717) is 31.0 Å². The van der Waals surface area contributed by atoms with E-state index in [1.54, 1.807) is 31.4 Å². The third-order valence-electron chi connectivity index (χ3n) is 4.25. The Morgan fingerprint density at radius 3 is 2.21 bits per heavy atom. The Bertz CT molecular complexity index is 880. The van der Waals surface area contributed by atoms with Crippen molar-refractivity contribution in [3.8, 4) is 11.5 Å². The summed E-state index contributed by atoms with van der Waals surface area (Å²) in [4.78, 5) is 12.1. The predicted octanol–water partition coefficient (Wildman–Crippen LogP) is 2.96. The van der Waals surface area contributed by atoms with Crippen LogP contribution in [0.4, 0.5) is 5.69 Å². The standard InChI is InChI=1S/C21H28N2O5S/c1-4-28-20-13-9-18(10-14-20)23(29(3,25)26)15-5-6-21(24)22-16-17-7-11-19(27-2)12-8-17/h7-14H,4-6,15-16H2,1-3H3,(H,22,24). The molecule has 0 aliphatic heterocycles. The van der Waals surface area contributed by atoms with Crippen LogP contribution >= 0.6 is 0 Å². The molecule has 0 heterocycles. The Balaban J connectivity index is 1.86. The van der Waals surface area contributed by atoms with Gasteiger partial charge in [0, 0.05) is 19.5 Å². The molecule has 0 aliphatic carbocycles. The molecule has 0 saturated carbocycles. The van der Waals surface area contributed by atoms with Crippen LogP contribution in [0.15, 0.2) is 48.5 Å². The Morgan fingerprint density at radius 1 is 1.03 bits per heavy atom. The fourth-order valence-corrected chi connectivity index (χ4v) is 3.74. The predicted molar refractivity (Wildman–Crippen MR) is 114 cm³/mol. The van der Waals surface area contributed by atoms with Gasteiger partial charge >= 0.3 is 0 Å². The van der Waals surface area contributed by atoms with E-state index >= 15 is 0 Å². The van der Waals surface area contributed by atoms with Crippen molar-refractivity contribution in [2.45, 2.75) is 26.3 Å². The molecular weight excluding hydrogens is 392 g/mol. The van der Waals surface area contributed by atoms with Crippen LogP contribution in [-0.4, -0.2) is 40.8 Å². The fraction of sp³-hybridized carbons (Fsp3) is 0.381. The lowest BCUT2D eigenvalue weighted by Gasteiger charge is -2.22. The molecule has 29 heavy (non-hydrogen) atoms. The van der Waals surface area contributed by atoms with E-state index in [1.165, 1.54) is 4.31 Å². The number of methoxy groups -OCH3 is 1. The Hall–Kier alpha value is -2.74. The molecule has 0 fully saturated rings. The smallest absolute Gasteiger partial charge is 0.232 e. The summed E-state index contributed by atoms with van der Waals surface area (Å²) in [6.07, 6.45) is 1.81. The molecule has 0 unspecified atom stereocenters. The lowest BCUT2D eigenvalue weighted by Crippen LogP contribution is -2.32. The number of anilines is 1. The van der Waals surface area contributed by atoms with Gasteiger partial charge in [0.1, 0.15) is 11.5 Å². The van der Waals surface area contributed by atoms with Gasteiger partial charge in [-0.2, -0.15) is 0 Å². The van der Waals surface area contributed by atoms with Gasteiger partial charge in [0.25, 0.3) is 0 Å². The number of hydrogen-bond donors (Lipinski definition) is 1. The van der Waals surface area contributed by atoms with Gasteiger partial charge in [0.15, 0.2) is 0 Å². The molecule has 2 aromatic carbocycles. The summed E-state index contributed by atoms with van der Waals surface area (Å²) in [6.45, 7) is 3.07. The number of nitrogens with one attached hydrogen (secondary N) is 1. The van der Waals surface area contributed by atoms with Gasteiger partial charge < -0.3 is 14.8 Å². The van der Waals surface area contributed by atoms with E-state index in [9.17, 15) is 13.2 Å². The minimum atomic E-state index is -3.45. The molecule has 0 bridgehead atoms. The van der Waals surface area contributed by atoms with Crippen molar-refractivity contribution < 1.29 is 22.7 Å². The Labute approximate surface area is 172 Å². The van der Waals surface area contributed by atoms with Gasteiger partial charge in [-0.15, -0.1) is 0 Å². The third-order valence-corrected chi connectivity index (χ3v) is 5.44. The number of benzene rings is 2. The van der Waals surface area contributed by atoms with Crippen molar-refractivity contribution in [1.82, 2.24) is 5.32 Å². The van der Waals surface area contributed by atoms with Gasteiger partial charge in [0.2, 0.25) is 15.9 Å². The van der Waals surface area contributed by atoms with Crippen LogP contribution in [0.2, 0.25) is 0 Å². The summed E-state index contributed by atoms with van der Waals surface area (Å²) >= 11 is 0. The van der Waals surface area contributed by atoms with E-state index in [-0.39, 0.29) is 18.9 Å². The first-order valence-electron chi connectivity index (χ1n) is 9.43. The highest BCUT2D eigenvalue weighted by Gasteiger charge is 2.17. The average molecular weight is 421 g/mol. The minimum absolute atomic E-state index is 0.124. The summed E-state index contributed by atoms with van der Waals surface area (Å²) < 4.78 is 36.1. The van der Waals surface area contributed by atoms with Crippen LogP contribution in [0.25, 0.3) is 0 Å². The second-order valence-electron chi connectivity index (χ2n) is 6.49. The van der Waals surface area contributed by atoms with Gasteiger partial charge in [-0.05, 0) is 55.3 Å². The van der Waals surface area contributed by atoms with Crippen LogP contribution in [0.3, 0.4) is 0 Å². The molecule has 0 aromatic heterocycles. The highest BCUT2D eigenvalue weighted by Crippen LogP contribution is 2.22. The van der Waals surface area contributed by atoms with Crippen molar-refractivity contribution in [2.75, 3.05) is 30.8 Å². The summed E-state index contributed by atoms with van der Waals surface area (Å²) in [5.41, 5.74) is 1.51. The lowest BCUT2D eigenvalue weighted by molar-refractivity contribution is -0.121. The van der Waals surface area contributed by atoms with E-state index in [0.717, 1.165) is 17.6 Å². The van der Waals surface area contributed by atoms with Crippen LogP contribution in [0.1, 0.15) is 25.3 Å². The SMILES string of the molecule is CCOc1ccc(N(CCCC(=O)NCc2ccc(OC)cc2)S(C)(=O)=O)cc1. The molecule has 0 spiro atoms. The first kappa shape index (κ1) is 22.5. The zero-order valence-electron chi connectivity index (χ0n) is 17.1. The fourth-order valence-electron chi connectivity index (χ4n) is 2.78. The number of sulfonamides is 1. The molecule has 158 valence electrons. The molecule has 0 radical (unpaired) electrons. The number of carbonyl (C=O) groups excluding carboxylic acids is 1. The number of amides is 1. The molecule has 7 nitrogen and oxygen atoms in total. The normalized spacial score (nSPS) is 11.0. The maximum atomic E-state index is 12.2. The van der Waals surface area contributed by atoms with Crippen LogP contribution in [0, 0.1) is 0 Å². The Morgan fingerprint density at radius 2 is 1.66 bits per heavy atom. The largest absolute Gasteiger partial charge is 0.497 e. The number of rotatable bonds is 11. The van der Waals surface area contributed by atoms with E-state index in [4.69, 9.17) is 9.47 Å². The van der Waals surface area contributed by atoms with Crippen LogP contribution in [-0.2, 0) is 21.4 Å². The second-order valence-corrected chi connectivity index (χ2v) is 8.40. The average Bonchev–Trinajstić information content (AvgIpc) is 2.70. The number of nitrogens with zero attached hydrogens (tertiary/aromatic N) is 1. The lowest BCUT2D eigenvalue weighted by atomic mass is 10.2. The van der Waals surface area contributed by atoms with Crippen molar-refractivity contribution in [2.24, 2.45) is 0 Å². The first-order chi connectivity index (χ1) is 13.8. The van der Waals surface area contributed by atoms with Gasteiger partial charge in [-0.1, -0.05) is 12.1 Å².